The summed E-state index contributed by atoms with van der Waals surface area (Å²) >= 11 is 0. The monoisotopic (exact) mass is 798 g/mol. The maximum atomic E-state index is 13.7. The highest BCUT2D eigenvalue weighted by molar-refractivity contribution is 5.87. The standard InChI is InChI=1S/C46H54N8O5/c1-26(2)35-19-28(21-47-23-35)22-50-44(55)40-34-17-16-33(20-34)39(40)43-49-25-37(52-43)32-14-10-30(11-15-32)29-8-12-31(13-9-29)36-24-48-42(51-36)38-7-6-18-54(38)45(56)41(27(3)58-4)53-46(57)59-5/h8-15,19,21,23-27,33-34,38-41H,6-7,16-18,20,22H2,1-5H3,(H,48,51)(H,49,52)(H,50,55)(H,53,57)/t27-,33?,34?,38+,39?,40?,41+/m1/s1. The fraction of sp³-hybridized carbons (Fsp3) is 0.435. The Morgan fingerprint density at radius 2 is 1.44 bits per heavy atom. The number of rotatable bonds is 13. The van der Waals surface area contributed by atoms with E-state index in [2.05, 4.69) is 99.0 Å². The normalized spacial score (nSPS) is 22.1. The number of aromatic nitrogens is 5. The minimum absolute atomic E-state index is 0.0818. The van der Waals surface area contributed by atoms with Crippen LogP contribution in [0.1, 0.15) is 93.5 Å². The van der Waals surface area contributed by atoms with Crippen LogP contribution < -0.4 is 10.6 Å². The molecule has 8 rings (SSSR count). The summed E-state index contributed by atoms with van der Waals surface area (Å²) < 4.78 is 10.2. The van der Waals surface area contributed by atoms with Crippen LogP contribution in [0.5, 0.6) is 0 Å². The average molecular weight is 799 g/mol. The summed E-state index contributed by atoms with van der Waals surface area (Å²) in [5, 5.41) is 5.87. The lowest BCUT2D eigenvalue weighted by molar-refractivity contribution is -0.137. The number of fused-ring (bicyclic) bond motifs is 2. The second kappa shape index (κ2) is 17.2. The number of alkyl carbamates (subject to hydrolysis) is 1. The minimum Gasteiger partial charge on any atom is -0.453 e. The molecule has 1 saturated heterocycles. The summed E-state index contributed by atoms with van der Waals surface area (Å²) in [5.41, 5.74) is 8.19. The number of pyridine rings is 1. The van der Waals surface area contributed by atoms with Gasteiger partial charge in [-0.1, -0.05) is 68.4 Å². The van der Waals surface area contributed by atoms with E-state index in [1.807, 2.05) is 18.6 Å². The molecular formula is C46H54N8O5. The van der Waals surface area contributed by atoms with Crippen LogP contribution in [0.25, 0.3) is 33.6 Å². The highest BCUT2D eigenvalue weighted by atomic mass is 16.5. The van der Waals surface area contributed by atoms with E-state index in [-0.39, 0.29) is 29.7 Å². The Hall–Kier alpha value is -5.82. The molecule has 2 aliphatic carbocycles. The van der Waals surface area contributed by atoms with Gasteiger partial charge in [-0.2, -0.15) is 0 Å². The second-order valence-corrected chi connectivity index (χ2v) is 16.6. The Morgan fingerprint density at radius 1 is 0.814 bits per heavy atom. The van der Waals surface area contributed by atoms with E-state index in [9.17, 15) is 14.4 Å². The first-order chi connectivity index (χ1) is 28.6. The molecule has 59 heavy (non-hydrogen) atoms. The molecule has 308 valence electrons. The van der Waals surface area contributed by atoms with E-state index in [0.717, 1.165) is 77.1 Å². The maximum Gasteiger partial charge on any atom is 0.407 e. The average Bonchev–Trinajstić information content (AvgIpc) is 4.13. The molecule has 7 atom stereocenters. The van der Waals surface area contributed by atoms with Crippen LogP contribution in [0.15, 0.2) is 79.4 Å². The van der Waals surface area contributed by atoms with Gasteiger partial charge in [0.25, 0.3) is 0 Å². The molecule has 5 aromatic rings. The first-order valence-electron chi connectivity index (χ1n) is 20.8. The van der Waals surface area contributed by atoms with Crippen LogP contribution in [0.2, 0.25) is 0 Å². The molecule has 3 aromatic heterocycles. The number of carbonyl (C=O) groups excluding carboxylic acids is 3. The van der Waals surface area contributed by atoms with Crippen LogP contribution in [0.3, 0.4) is 0 Å². The molecular weight excluding hydrogens is 745 g/mol. The Balaban J connectivity index is 0.911. The summed E-state index contributed by atoms with van der Waals surface area (Å²) in [5.74, 6) is 2.71. The van der Waals surface area contributed by atoms with Crippen molar-refractivity contribution in [2.45, 2.75) is 89.4 Å². The van der Waals surface area contributed by atoms with Crippen molar-refractivity contribution in [3.8, 4) is 33.6 Å². The van der Waals surface area contributed by atoms with Crippen LogP contribution in [0, 0.1) is 17.8 Å². The largest absolute Gasteiger partial charge is 0.453 e. The molecule has 3 fully saturated rings. The van der Waals surface area contributed by atoms with Gasteiger partial charge in [-0.25, -0.2) is 14.8 Å². The van der Waals surface area contributed by atoms with Gasteiger partial charge < -0.3 is 35.0 Å². The number of methoxy groups -OCH3 is 2. The fourth-order valence-electron chi connectivity index (χ4n) is 9.47. The molecule has 13 nitrogen and oxygen atoms in total. The van der Waals surface area contributed by atoms with Gasteiger partial charge in [-0.3, -0.25) is 14.6 Å². The minimum atomic E-state index is -0.886. The molecule has 4 unspecified atom stereocenters. The van der Waals surface area contributed by atoms with Gasteiger partial charge in [0.2, 0.25) is 11.8 Å². The SMILES string of the molecule is COC(=O)N[C@H](C(=O)N1CCC[C@H]1c1ncc(-c2ccc(-c3ccc(-c4cnc(C5C6CCC(C6)C5C(=O)NCc5cncc(C(C)C)c5)[nH]4)cc3)cc2)[nH]1)[C@@H](C)OC. The Morgan fingerprint density at radius 3 is 2.08 bits per heavy atom. The predicted molar refractivity (Wildman–Crippen MR) is 224 cm³/mol. The number of hydrogen-bond donors (Lipinski definition) is 4. The molecule has 13 heteroatoms. The molecule has 0 spiro atoms. The summed E-state index contributed by atoms with van der Waals surface area (Å²) in [4.78, 5) is 62.2. The van der Waals surface area contributed by atoms with Gasteiger partial charge in [-0.05, 0) is 90.2 Å². The second-order valence-electron chi connectivity index (χ2n) is 16.6. The van der Waals surface area contributed by atoms with Gasteiger partial charge in [0.05, 0.1) is 49.0 Å². The number of nitrogens with zero attached hydrogens (tertiary/aromatic N) is 4. The number of amides is 3. The van der Waals surface area contributed by atoms with Crippen LogP contribution >= 0.6 is 0 Å². The number of imidazole rings is 2. The molecule has 1 aliphatic heterocycles. The molecule has 4 heterocycles. The Kier molecular flexibility index (Phi) is 11.6. The number of H-pyrrole nitrogens is 2. The number of likely N-dealkylation sites (tertiary alicyclic amines) is 1. The van der Waals surface area contributed by atoms with Crippen molar-refractivity contribution in [2.24, 2.45) is 17.8 Å². The van der Waals surface area contributed by atoms with E-state index in [1.54, 1.807) is 18.0 Å². The van der Waals surface area contributed by atoms with Gasteiger partial charge >= 0.3 is 6.09 Å². The number of nitrogens with one attached hydrogen (secondary N) is 4. The van der Waals surface area contributed by atoms with Crippen LogP contribution in [-0.4, -0.2) is 80.6 Å². The van der Waals surface area contributed by atoms with Crippen molar-refractivity contribution in [2.75, 3.05) is 20.8 Å². The van der Waals surface area contributed by atoms with Gasteiger partial charge in [0.15, 0.2) is 0 Å². The molecule has 3 amide bonds. The topological polar surface area (TPSA) is 167 Å². The number of hydrogen-bond acceptors (Lipinski definition) is 8. The number of benzene rings is 2. The van der Waals surface area contributed by atoms with Crippen molar-refractivity contribution in [3.05, 3.63) is 102 Å². The van der Waals surface area contributed by atoms with Gasteiger partial charge in [0, 0.05) is 38.5 Å². The summed E-state index contributed by atoms with van der Waals surface area (Å²) in [6.45, 7) is 7.08. The summed E-state index contributed by atoms with van der Waals surface area (Å²) in [7, 11) is 2.77. The van der Waals surface area contributed by atoms with Gasteiger partial charge in [0.1, 0.15) is 17.7 Å². The highest BCUT2D eigenvalue weighted by Gasteiger charge is 2.52. The molecule has 0 radical (unpaired) electrons. The molecule has 2 aromatic carbocycles. The van der Waals surface area contributed by atoms with E-state index < -0.39 is 18.2 Å². The van der Waals surface area contributed by atoms with Crippen molar-refractivity contribution in [1.82, 2.24) is 40.5 Å². The van der Waals surface area contributed by atoms with E-state index in [0.29, 0.717) is 36.7 Å². The van der Waals surface area contributed by atoms with Crippen LogP contribution in [0.4, 0.5) is 4.79 Å². The third-order valence-corrected chi connectivity index (χ3v) is 12.8. The van der Waals surface area contributed by atoms with Crippen molar-refractivity contribution >= 4 is 17.9 Å². The van der Waals surface area contributed by atoms with E-state index >= 15 is 0 Å². The third-order valence-electron chi connectivity index (χ3n) is 12.8. The first-order valence-corrected chi connectivity index (χ1v) is 20.8. The van der Waals surface area contributed by atoms with Gasteiger partial charge in [-0.15, -0.1) is 0 Å². The van der Waals surface area contributed by atoms with Crippen molar-refractivity contribution in [1.29, 1.82) is 0 Å². The predicted octanol–water partition coefficient (Wildman–Crippen LogP) is 7.52. The molecule has 4 N–H and O–H groups in total. The van der Waals surface area contributed by atoms with E-state index in [4.69, 9.17) is 14.5 Å². The quantitative estimate of drug-likeness (QED) is 0.0949. The lowest BCUT2D eigenvalue weighted by Gasteiger charge is -2.30. The van der Waals surface area contributed by atoms with Crippen LogP contribution in [-0.2, 0) is 25.6 Å². The Labute approximate surface area is 345 Å². The summed E-state index contributed by atoms with van der Waals surface area (Å²) in [6, 6.07) is 17.8. The van der Waals surface area contributed by atoms with Crippen molar-refractivity contribution < 1.29 is 23.9 Å². The number of carbonyl (C=O) groups is 3. The molecule has 2 bridgehead atoms. The third kappa shape index (κ3) is 8.25. The molecule has 2 saturated carbocycles. The van der Waals surface area contributed by atoms with Crippen molar-refractivity contribution in [3.63, 3.8) is 0 Å². The zero-order valence-electron chi connectivity index (χ0n) is 34.4. The number of ether oxygens (including phenoxy) is 2. The summed E-state index contributed by atoms with van der Waals surface area (Å²) in [6.07, 6.45) is 11.1. The molecule has 3 aliphatic rings. The van der Waals surface area contributed by atoms with E-state index in [1.165, 1.54) is 19.8 Å². The maximum absolute atomic E-state index is 13.7. The Bertz CT molecular complexity index is 2270. The smallest absolute Gasteiger partial charge is 0.407 e. The lowest BCUT2D eigenvalue weighted by Crippen LogP contribution is -2.54. The fourth-order valence-corrected chi connectivity index (χ4v) is 9.47. The zero-order valence-corrected chi connectivity index (χ0v) is 34.4. The zero-order chi connectivity index (χ0) is 41.2. The lowest BCUT2D eigenvalue weighted by atomic mass is 9.78. The first kappa shape index (κ1) is 40.0. The number of aromatic amines is 2. The highest BCUT2D eigenvalue weighted by Crippen LogP contribution is 2.56.